The molecule has 0 spiro atoms. The van der Waals surface area contributed by atoms with Crippen molar-refractivity contribution in [3.63, 3.8) is 0 Å². The molecule has 0 aliphatic rings. The quantitative estimate of drug-likeness (QED) is 0.801. The molecule has 0 aliphatic carbocycles. The van der Waals surface area contributed by atoms with E-state index in [1.807, 2.05) is 17.5 Å². The molecule has 0 radical (unpaired) electrons. The van der Waals surface area contributed by atoms with Crippen molar-refractivity contribution >= 4 is 22.9 Å². The highest BCUT2D eigenvalue weighted by atomic mass is 32.1. The van der Waals surface area contributed by atoms with E-state index in [9.17, 15) is 0 Å². The molecule has 0 unspecified atom stereocenters. The molecule has 2 aromatic heterocycles. The average Bonchev–Trinajstić information content (AvgIpc) is 2.75. The Morgan fingerprint density at radius 3 is 2.92 bits per heavy atom. The lowest BCUT2D eigenvalue weighted by Gasteiger charge is -1.84. The molecule has 0 saturated heterocycles. The van der Waals surface area contributed by atoms with Crippen LogP contribution in [0.15, 0.2) is 23.6 Å². The van der Waals surface area contributed by atoms with E-state index in [1.54, 1.807) is 11.3 Å². The lowest BCUT2D eigenvalue weighted by atomic mass is 10.3. The summed E-state index contributed by atoms with van der Waals surface area (Å²) in [5, 5.41) is 10.8. The molecule has 1 N–H and O–H groups in total. The molecule has 2 rings (SSSR count). The van der Waals surface area contributed by atoms with E-state index >= 15 is 0 Å². The summed E-state index contributed by atoms with van der Waals surface area (Å²) in [6.45, 7) is 0.0296. The van der Waals surface area contributed by atoms with E-state index in [0.717, 1.165) is 10.6 Å². The molecule has 62 valence electrons. The largest absolute Gasteiger partial charge is 0.390 e. The zero-order valence-corrected chi connectivity index (χ0v) is 7.86. The maximum atomic E-state index is 8.80. The van der Waals surface area contributed by atoms with Crippen LogP contribution in [0.25, 0.3) is 9.75 Å². The van der Waals surface area contributed by atoms with Gasteiger partial charge in [-0.05, 0) is 29.0 Å². The van der Waals surface area contributed by atoms with Crippen molar-refractivity contribution in [2.45, 2.75) is 6.61 Å². The van der Waals surface area contributed by atoms with E-state index < -0.39 is 0 Å². The third-order valence-electron chi connectivity index (χ3n) is 1.48. The van der Waals surface area contributed by atoms with Crippen LogP contribution in [0.2, 0.25) is 0 Å². The van der Waals surface area contributed by atoms with Crippen LogP contribution in [0.1, 0.15) is 5.69 Å². The van der Waals surface area contributed by atoms with Crippen molar-refractivity contribution in [2.75, 3.05) is 0 Å². The number of aliphatic hydroxyl groups excluding tert-OH is 1. The minimum Gasteiger partial charge on any atom is -0.390 e. The SMILES string of the molecule is OCc1cc(-c2cccs2)sn1. The minimum absolute atomic E-state index is 0.0296. The fourth-order valence-electron chi connectivity index (χ4n) is 0.921. The third kappa shape index (κ3) is 1.41. The summed E-state index contributed by atoms with van der Waals surface area (Å²) < 4.78 is 4.09. The maximum Gasteiger partial charge on any atom is 0.0864 e. The van der Waals surface area contributed by atoms with Crippen molar-refractivity contribution in [3.05, 3.63) is 29.3 Å². The van der Waals surface area contributed by atoms with Crippen LogP contribution in [0.3, 0.4) is 0 Å². The van der Waals surface area contributed by atoms with Gasteiger partial charge < -0.3 is 5.11 Å². The van der Waals surface area contributed by atoms with E-state index in [1.165, 1.54) is 16.4 Å². The van der Waals surface area contributed by atoms with E-state index in [0.29, 0.717) is 0 Å². The fraction of sp³-hybridized carbons (Fsp3) is 0.125. The van der Waals surface area contributed by atoms with Gasteiger partial charge in [-0.1, -0.05) is 6.07 Å². The second-order valence-corrected chi connectivity index (χ2v) is 4.07. The number of aromatic nitrogens is 1. The average molecular weight is 197 g/mol. The van der Waals surface area contributed by atoms with Crippen LogP contribution in [0.5, 0.6) is 0 Å². The Bertz CT molecular complexity index is 353. The molecule has 2 nitrogen and oxygen atoms in total. The molecule has 0 atom stereocenters. The number of nitrogens with zero attached hydrogens (tertiary/aromatic N) is 1. The van der Waals surface area contributed by atoms with E-state index in [2.05, 4.69) is 10.4 Å². The molecule has 2 heterocycles. The van der Waals surface area contributed by atoms with Gasteiger partial charge in [0, 0.05) is 4.88 Å². The molecular formula is C8H7NOS2. The van der Waals surface area contributed by atoms with Crippen LogP contribution in [-0.4, -0.2) is 9.48 Å². The first kappa shape index (κ1) is 7.91. The number of rotatable bonds is 2. The topological polar surface area (TPSA) is 33.1 Å². The van der Waals surface area contributed by atoms with E-state index in [-0.39, 0.29) is 6.61 Å². The molecule has 2 aromatic rings. The molecule has 0 bridgehead atoms. The number of hydrogen-bond acceptors (Lipinski definition) is 4. The molecular weight excluding hydrogens is 190 g/mol. The molecule has 0 aliphatic heterocycles. The summed E-state index contributed by atoms with van der Waals surface area (Å²) in [4.78, 5) is 2.35. The molecule has 4 heteroatoms. The van der Waals surface area contributed by atoms with Crippen molar-refractivity contribution in [1.82, 2.24) is 4.37 Å². The normalized spacial score (nSPS) is 10.4. The van der Waals surface area contributed by atoms with Crippen molar-refractivity contribution in [2.24, 2.45) is 0 Å². The minimum atomic E-state index is 0.0296. The predicted molar refractivity (Wildman–Crippen MR) is 51.3 cm³/mol. The highest BCUT2D eigenvalue weighted by Gasteiger charge is 2.03. The second-order valence-electron chi connectivity index (χ2n) is 2.32. The highest BCUT2D eigenvalue weighted by molar-refractivity contribution is 7.18. The molecule has 0 amide bonds. The first-order chi connectivity index (χ1) is 5.90. The predicted octanol–water partition coefficient (Wildman–Crippen LogP) is 2.36. The summed E-state index contributed by atoms with van der Waals surface area (Å²) in [7, 11) is 0. The lowest BCUT2D eigenvalue weighted by Crippen LogP contribution is -1.77. The van der Waals surface area contributed by atoms with Gasteiger partial charge in [0.05, 0.1) is 17.2 Å². The van der Waals surface area contributed by atoms with Crippen molar-refractivity contribution in [1.29, 1.82) is 0 Å². The highest BCUT2D eigenvalue weighted by Crippen LogP contribution is 2.28. The van der Waals surface area contributed by atoms with Gasteiger partial charge in [0.2, 0.25) is 0 Å². The summed E-state index contributed by atoms with van der Waals surface area (Å²) in [6.07, 6.45) is 0. The van der Waals surface area contributed by atoms with Gasteiger partial charge in [0.1, 0.15) is 0 Å². The van der Waals surface area contributed by atoms with Gasteiger partial charge in [-0.2, -0.15) is 4.37 Å². The lowest BCUT2D eigenvalue weighted by molar-refractivity contribution is 0.278. The van der Waals surface area contributed by atoms with Gasteiger partial charge in [0.15, 0.2) is 0 Å². The zero-order chi connectivity index (χ0) is 8.39. The standard InChI is InChI=1S/C8H7NOS2/c10-5-6-4-8(12-9-6)7-2-1-3-11-7/h1-4,10H,5H2. The fourth-order valence-corrected chi connectivity index (χ4v) is 2.49. The summed E-state index contributed by atoms with van der Waals surface area (Å²) in [5.41, 5.74) is 0.753. The Hall–Kier alpha value is -0.710. The van der Waals surface area contributed by atoms with Gasteiger partial charge >= 0.3 is 0 Å². The van der Waals surface area contributed by atoms with Crippen LogP contribution < -0.4 is 0 Å². The number of hydrogen-bond donors (Lipinski definition) is 1. The first-order valence-electron chi connectivity index (χ1n) is 3.50. The van der Waals surface area contributed by atoms with Gasteiger partial charge in [-0.3, -0.25) is 0 Å². The Morgan fingerprint density at radius 2 is 2.33 bits per heavy atom. The third-order valence-corrected chi connectivity index (χ3v) is 3.38. The second kappa shape index (κ2) is 3.35. The maximum absolute atomic E-state index is 8.80. The van der Waals surface area contributed by atoms with Gasteiger partial charge in [-0.25, -0.2) is 0 Å². The van der Waals surface area contributed by atoms with Crippen LogP contribution >= 0.6 is 22.9 Å². The molecule has 0 fully saturated rings. The van der Waals surface area contributed by atoms with Crippen molar-refractivity contribution < 1.29 is 5.11 Å². The Labute approximate surface area is 78.3 Å². The molecule has 0 aromatic carbocycles. The van der Waals surface area contributed by atoms with Gasteiger partial charge in [0.25, 0.3) is 0 Å². The number of aliphatic hydroxyl groups is 1. The van der Waals surface area contributed by atoms with Crippen molar-refractivity contribution in [3.8, 4) is 9.75 Å². The smallest absolute Gasteiger partial charge is 0.0864 e. The Morgan fingerprint density at radius 1 is 1.42 bits per heavy atom. The summed E-state index contributed by atoms with van der Waals surface area (Å²) >= 11 is 3.12. The zero-order valence-electron chi connectivity index (χ0n) is 6.23. The summed E-state index contributed by atoms with van der Waals surface area (Å²) in [6, 6.07) is 5.99. The Kier molecular flexibility index (Phi) is 2.21. The summed E-state index contributed by atoms with van der Waals surface area (Å²) in [5.74, 6) is 0. The van der Waals surface area contributed by atoms with Crippen LogP contribution in [0.4, 0.5) is 0 Å². The molecule has 12 heavy (non-hydrogen) atoms. The molecule has 0 saturated carbocycles. The van der Waals surface area contributed by atoms with Crippen LogP contribution in [-0.2, 0) is 6.61 Å². The first-order valence-corrected chi connectivity index (χ1v) is 5.16. The van der Waals surface area contributed by atoms with E-state index in [4.69, 9.17) is 5.11 Å². The van der Waals surface area contributed by atoms with Gasteiger partial charge in [-0.15, -0.1) is 11.3 Å². The number of thiophene rings is 1. The monoisotopic (exact) mass is 197 g/mol. The Balaban J connectivity index is 2.35. The van der Waals surface area contributed by atoms with Crippen LogP contribution in [0, 0.1) is 0 Å².